The Morgan fingerprint density at radius 3 is 2.46 bits per heavy atom. The van der Waals surface area contributed by atoms with Gasteiger partial charge in [-0.25, -0.2) is 0 Å². The minimum absolute atomic E-state index is 0.467. The molecule has 2 N–H and O–H groups in total. The summed E-state index contributed by atoms with van der Waals surface area (Å²) in [6.07, 6.45) is 13.4. The van der Waals surface area contributed by atoms with Crippen molar-refractivity contribution in [1.82, 2.24) is 0 Å². The van der Waals surface area contributed by atoms with Gasteiger partial charge < -0.3 is 5.73 Å². The molecule has 74 valence electrons. The molecule has 13 heavy (non-hydrogen) atoms. The van der Waals surface area contributed by atoms with E-state index in [1.807, 2.05) is 0 Å². The first-order chi connectivity index (χ1) is 6.34. The summed E-state index contributed by atoms with van der Waals surface area (Å²) in [5.74, 6) is 0.897. The zero-order valence-corrected chi connectivity index (χ0v) is 8.47. The van der Waals surface area contributed by atoms with Crippen LogP contribution in [-0.4, -0.2) is 6.04 Å². The quantitative estimate of drug-likeness (QED) is 0.615. The van der Waals surface area contributed by atoms with E-state index in [0.717, 1.165) is 5.92 Å². The summed E-state index contributed by atoms with van der Waals surface area (Å²) >= 11 is 0. The van der Waals surface area contributed by atoms with Gasteiger partial charge >= 0.3 is 0 Å². The molecule has 0 aromatic carbocycles. The molecule has 2 aliphatic rings. The van der Waals surface area contributed by atoms with Crippen molar-refractivity contribution in [2.75, 3.05) is 0 Å². The van der Waals surface area contributed by atoms with Crippen LogP contribution in [0.4, 0.5) is 0 Å². The second-order valence-electron chi connectivity index (χ2n) is 4.73. The molecule has 1 atom stereocenters. The topological polar surface area (TPSA) is 26.0 Å². The Balaban J connectivity index is 1.87. The van der Waals surface area contributed by atoms with Crippen LogP contribution in [0.25, 0.3) is 0 Å². The van der Waals surface area contributed by atoms with E-state index in [0.29, 0.717) is 6.04 Å². The second-order valence-corrected chi connectivity index (χ2v) is 4.73. The van der Waals surface area contributed by atoms with Crippen LogP contribution in [0.5, 0.6) is 0 Å². The Bertz CT molecular complexity index is 189. The highest BCUT2D eigenvalue weighted by Crippen LogP contribution is 2.30. The molecule has 2 fully saturated rings. The molecule has 0 aromatic heterocycles. The number of nitrogens with two attached hydrogens (primary N) is 1. The van der Waals surface area contributed by atoms with Gasteiger partial charge in [0.05, 0.1) is 0 Å². The Labute approximate surface area is 81.4 Å². The second kappa shape index (κ2) is 4.28. The fourth-order valence-electron chi connectivity index (χ4n) is 2.70. The number of hydrogen-bond acceptors (Lipinski definition) is 1. The molecule has 2 saturated carbocycles. The van der Waals surface area contributed by atoms with Crippen molar-refractivity contribution in [2.45, 2.75) is 57.4 Å². The summed E-state index contributed by atoms with van der Waals surface area (Å²) < 4.78 is 0. The van der Waals surface area contributed by atoms with Crippen molar-refractivity contribution in [1.29, 1.82) is 0 Å². The van der Waals surface area contributed by atoms with Crippen LogP contribution in [-0.2, 0) is 0 Å². The lowest BCUT2D eigenvalue weighted by Gasteiger charge is -2.18. The maximum absolute atomic E-state index is 5.89. The summed E-state index contributed by atoms with van der Waals surface area (Å²) in [6.45, 7) is 0. The van der Waals surface area contributed by atoms with Gasteiger partial charge in [-0.05, 0) is 38.0 Å². The highest BCUT2D eigenvalue weighted by Gasteiger charge is 2.17. The van der Waals surface area contributed by atoms with E-state index in [1.54, 1.807) is 5.57 Å². The average Bonchev–Trinajstić information content (AvgIpc) is 2.53. The summed E-state index contributed by atoms with van der Waals surface area (Å²) in [4.78, 5) is 0. The van der Waals surface area contributed by atoms with Gasteiger partial charge in [0.15, 0.2) is 0 Å². The molecule has 0 heterocycles. The van der Waals surface area contributed by atoms with Gasteiger partial charge in [0.1, 0.15) is 0 Å². The molecule has 0 radical (unpaired) electrons. The fraction of sp³-hybridized carbons (Fsp3) is 0.833. The SMILES string of the molecule is NC1CCC(=CC2CCCCC2)C1. The molecule has 0 saturated heterocycles. The highest BCUT2D eigenvalue weighted by molar-refractivity contribution is 5.11. The number of hydrogen-bond donors (Lipinski definition) is 1. The lowest BCUT2D eigenvalue weighted by molar-refractivity contribution is 0.417. The van der Waals surface area contributed by atoms with Crippen LogP contribution >= 0.6 is 0 Å². The van der Waals surface area contributed by atoms with Crippen molar-refractivity contribution in [3.8, 4) is 0 Å². The van der Waals surface area contributed by atoms with Crippen molar-refractivity contribution in [3.63, 3.8) is 0 Å². The van der Waals surface area contributed by atoms with E-state index >= 15 is 0 Å². The highest BCUT2D eigenvalue weighted by atomic mass is 14.6. The molecule has 2 rings (SSSR count). The predicted molar refractivity (Wildman–Crippen MR) is 56.5 cm³/mol. The van der Waals surface area contributed by atoms with E-state index in [4.69, 9.17) is 5.73 Å². The normalized spacial score (nSPS) is 34.2. The van der Waals surface area contributed by atoms with Crippen molar-refractivity contribution < 1.29 is 0 Å². The minimum atomic E-state index is 0.467. The number of rotatable bonds is 1. The first kappa shape index (κ1) is 9.26. The zero-order valence-electron chi connectivity index (χ0n) is 8.47. The van der Waals surface area contributed by atoms with Gasteiger partial charge in [-0.15, -0.1) is 0 Å². The van der Waals surface area contributed by atoms with Crippen molar-refractivity contribution in [2.24, 2.45) is 11.7 Å². The molecular formula is C12H21N. The van der Waals surface area contributed by atoms with Gasteiger partial charge in [-0.2, -0.15) is 0 Å². The maximum Gasteiger partial charge on any atom is 0.00791 e. The molecular weight excluding hydrogens is 158 g/mol. The predicted octanol–water partition coefficient (Wildman–Crippen LogP) is 3.00. The first-order valence-electron chi connectivity index (χ1n) is 5.80. The third-order valence-corrected chi connectivity index (χ3v) is 3.48. The van der Waals surface area contributed by atoms with Crippen molar-refractivity contribution >= 4 is 0 Å². The van der Waals surface area contributed by atoms with Crippen LogP contribution in [0.3, 0.4) is 0 Å². The van der Waals surface area contributed by atoms with E-state index in [9.17, 15) is 0 Å². The maximum atomic E-state index is 5.89. The lowest BCUT2D eigenvalue weighted by Crippen LogP contribution is -2.13. The van der Waals surface area contributed by atoms with Gasteiger partial charge in [-0.1, -0.05) is 30.9 Å². The van der Waals surface area contributed by atoms with E-state index in [1.165, 1.54) is 51.4 Å². The molecule has 1 heteroatoms. The fourth-order valence-corrected chi connectivity index (χ4v) is 2.70. The van der Waals surface area contributed by atoms with Gasteiger partial charge in [0.2, 0.25) is 0 Å². The molecule has 0 bridgehead atoms. The Morgan fingerprint density at radius 1 is 1.08 bits per heavy atom. The third-order valence-electron chi connectivity index (χ3n) is 3.48. The Morgan fingerprint density at radius 2 is 1.85 bits per heavy atom. The monoisotopic (exact) mass is 179 g/mol. The van der Waals surface area contributed by atoms with Crippen LogP contribution < -0.4 is 5.73 Å². The van der Waals surface area contributed by atoms with Gasteiger partial charge in [0.25, 0.3) is 0 Å². The van der Waals surface area contributed by atoms with E-state index in [-0.39, 0.29) is 0 Å². The first-order valence-corrected chi connectivity index (χ1v) is 5.80. The standard InChI is InChI=1S/C12H21N/c13-12-7-6-11(9-12)8-10-4-2-1-3-5-10/h8,10,12H,1-7,9,13H2. The summed E-state index contributed by atoms with van der Waals surface area (Å²) in [6, 6.07) is 0.467. The van der Waals surface area contributed by atoms with Crippen LogP contribution in [0.2, 0.25) is 0 Å². The largest absolute Gasteiger partial charge is 0.327 e. The zero-order chi connectivity index (χ0) is 9.10. The number of allylic oxidation sites excluding steroid dienone is 1. The summed E-state index contributed by atoms with van der Waals surface area (Å²) in [5.41, 5.74) is 7.54. The smallest absolute Gasteiger partial charge is 0.00791 e. The molecule has 1 unspecified atom stereocenters. The van der Waals surface area contributed by atoms with E-state index in [2.05, 4.69) is 6.08 Å². The summed E-state index contributed by atoms with van der Waals surface area (Å²) in [7, 11) is 0. The van der Waals surface area contributed by atoms with Crippen molar-refractivity contribution in [3.05, 3.63) is 11.6 Å². The lowest BCUT2D eigenvalue weighted by atomic mass is 9.87. The molecule has 0 spiro atoms. The Hall–Kier alpha value is -0.300. The Kier molecular flexibility index (Phi) is 3.05. The van der Waals surface area contributed by atoms with Crippen LogP contribution in [0.15, 0.2) is 11.6 Å². The minimum Gasteiger partial charge on any atom is -0.327 e. The van der Waals surface area contributed by atoms with E-state index < -0.39 is 0 Å². The molecule has 1 nitrogen and oxygen atoms in total. The third kappa shape index (κ3) is 2.57. The average molecular weight is 179 g/mol. The molecule has 0 amide bonds. The van der Waals surface area contributed by atoms with Gasteiger partial charge in [0, 0.05) is 6.04 Å². The van der Waals surface area contributed by atoms with Crippen LogP contribution in [0, 0.1) is 5.92 Å². The van der Waals surface area contributed by atoms with Gasteiger partial charge in [-0.3, -0.25) is 0 Å². The molecule has 0 aliphatic heterocycles. The van der Waals surface area contributed by atoms with Crippen LogP contribution in [0.1, 0.15) is 51.4 Å². The molecule has 2 aliphatic carbocycles. The molecule has 0 aromatic rings. The summed E-state index contributed by atoms with van der Waals surface area (Å²) in [5, 5.41) is 0.